The topological polar surface area (TPSA) is 79.2 Å². The van der Waals surface area contributed by atoms with Gasteiger partial charge in [-0.25, -0.2) is 0 Å². The molecule has 3 rings (SSSR count). The standard InChI is InChI=1S/C17H21BrN4O2/c18-13-4-1-3-12(9-13)16(11-23)20-17(24)15-6-8-22(21-15)14-5-2-7-19-10-14/h1,3-4,6,8-9,14,16,19,23H,2,5,7,10-11H2,(H,20,24). The number of amides is 1. The predicted molar refractivity (Wildman–Crippen MR) is 94.8 cm³/mol. The molecule has 0 aliphatic carbocycles. The van der Waals surface area contributed by atoms with E-state index in [0.717, 1.165) is 36.0 Å². The first-order chi connectivity index (χ1) is 11.7. The zero-order valence-corrected chi connectivity index (χ0v) is 14.9. The van der Waals surface area contributed by atoms with Crippen LogP contribution in [0.3, 0.4) is 0 Å². The van der Waals surface area contributed by atoms with Gasteiger partial charge in [0.25, 0.3) is 5.91 Å². The third-order valence-corrected chi connectivity index (χ3v) is 4.72. The van der Waals surface area contributed by atoms with Crippen LogP contribution < -0.4 is 10.6 Å². The van der Waals surface area contributed by atoms with Crippen molar-refractivity contribution < 1.29 is 9.90 Å². The molecule has 2 heterocycles. The summed E-state index contributed by atoms with van der Waals surface area (Å²) in [5.74, 6) is -0.281. The second-order valence-electron chi connectivity index (χ2n) is 5.94. The Morgan fingerprint density at radius 3 is 3.08 bits per heavy atom. The number of nitrogens with zero attached hydrogens (tertiary/aromatic N) is 2. The molecule has 6 nitrogen and oxygen atoms in total. The third-order valence-electron chi connectivity index (χ3n) is 4.22. The highest BCUT2D eigenvalue weighted by Gasteiger charge is 2.20. The zero-order valence-electron chi connectivity index (χ0n) is 13.3. The van der Waals surface area contributed by atoms with Crippen molar-refractivity contribution in [3.8, 4) is 0 Å². The van der Waals surface area contributed by atoms with Gasteiger partial charge in [-0.3, -0.25) is 9.48 Å². The summed E-state index contributed by atoms with van der Waals surface area (Å²) in [6, 6.07) is 9.08. The van der Waals surface area contributed by atoms with Crippen LogP contribution in [0, 0.1) is 0 Å². The molecular weight excluding hydrogens is 372 g/mol. The number of halogens is 1. The van der Waals surface area contributed by atoms with Crippen LogP contribution in [0.15, 0.2) is 41.0 Å². The predicted octanol–water partition coefficient (Wildman–Crippen LogP) is 2.03. The van der Waals surface area contributed by atoms with Gasteiger partial charge in [-0.15, -0.1) is 0 Å². The summed E-state index contributed by atoms with van der Waals surface area (Å²) >= 11 is 3.40. The van der Waals surface area contributed by atoms with Gasteiger partial charge in [-0.1, -0.05) is 28.1 Å². The lowest BCUT2D eigenvalue weighted by atomic mass is 10.1. The molecule has 2 aromatic rings. The second-order valence-corrected chi connectivity index (χ2v) is 6.86. The SMILES string of the molecule is O=C(NC(CO)c1cccc(Br)c1)c1ccn(C2CCCNC2)n1. The minimum atomic E-state index is -0.462. The molecule has 7 heteroatoms. The van der Waals surface area contributed by atoms with Crippen LogP contribution in [0.1, 0.15) is 41.0 Å². The van der Waals surface area contributed by atoms with Crippen molar-refractivity contribution in [1.82, 2.24) is 20.4 Å². The Labute approximate surface area is 149 Å². The molecule has 0 bridgehead atoms. The van der Waals surface area contributed by atoms with Gasteiger partial charge in [-0.05, 0) is 43.1 Å². The maximum atomic E-state index is 12.4. The largest absolute Gasteiger partial charge is 0.394 e. The number of hydrogen-bond donors (Lipinski definition) is 3. The van der Waals surface area contributed by atoms with E-state index in [9.17, 15) is 9.90 Å². The molecule has 24 heavy (non-hydrogen) atoms. The van der Waals surface area contributed by atoms with E-state index in [4.69, 9.17) is 0 Å². The molecular formula is C17H21BrN4O2. The molecule has 1 aliphatic rings. The van der Waals surface area contributed by atoms with E-state index in [-0.39, 0.29) is 12.5 Å². The third kappa shape index (κ3) is 4.03. The lowest BCUT2D eigenvalue weighted by Gasteiger charge is -2.23. The average Bonchev–Trinajstić information content (AvgIpc) is 3.10. The zero-order chi connectivity index (χ0) is 16.9. The maximum Gasteiger partial charge on any atom is 0.272 e. The number of piperidine rings is 1. The average molecular weight is 393 g/mol. The van der Waals surface area contributed by atoms with Gasteiger partial charge in [0.1, 0.15) is 5.69 Å². The molecule has 2 unspecified atom stereocenters. The van der Waals surface area contributed by atoms with Crippen LogP contribution in [0.2, 0.25) is 0 Å². The second kappa shape index (κ2) is 7.92. The summed E-state index contributed by atoms with van der Waals surface area (Å²) in [7, 11) is 0. The van der Waals surface area contributed by atoms with E-state index in [1.165, 1.54) is 0 Å². The smallest absolute Gasteiger partial charge is 0.272 e. The summed E-state index contributed by atoms with van der Waals surface area (Å²) in [5.41, 5.74) is 1.21. The Hall–Kier alpha value is -1.70. The van der Waals surface area contributed by atoms with Crippen LogP contribution in [0.25, 0.3) is 0 Å². The van der Waals surface area contributed by atoms with Crippen LogP contribution in [-0.2, 0) is 0 Å². The molecule has 1 aromatic heterocycles. The lowest BCUT2D eigenvalue weighted by molar-refractivity contribution is 0.0909. The van der Waals surface area contributed by atoms with Crippen molar-refractivity contribution in [2.75, 3.05) is 19.7 Å². The number of benzene rings is 1. The van der Waals surface area contributed by atoms with Crippen LogP contribution in [-0.4, -0.2) is 40.5 Å². The van der Waals surface area contributed by atoms with Crippen molar-refractivity contribution in [3.05, 3.63) is 52.3 Å². The molecule has 1 aliphatic heterocycles. The fraction of sp³-hybridized carbons (Fsp3) is 0.412. The van der Waals surface area contributed by atoms with Crippen molar-refractivity contribution in [3.63, 3.8) is 0 Å². The van der Waals surface area contributed by atoms with Gasteiger partial charge in [-0.2, -0.15) is 5.10 Å². The fourth-order valence-corrected chi connectivity index (χ4v) is 3.33. The molecule has 128 valence electrons. The highest BCUT2D eigenvalue weighted by Crippen LogP contribution is 2.19. The van der Waals surface area contributed by atoms with E-state index < -0.39 is 6.04 Å². The fourth-order valence-electron chi connectivity index (χ4n) is 2.91. The first-order valence-corrected chi connectivity index (χ1v) is 8.89. The number of carbonyl (C=O) groups excluding carboxylic acids is 1. The normalized spacial score (nSPS) is 19.0. The molecule has 0 radical (unpaired) electrons. The summed E-state index contributed by atoms with van der Waals surface area (Å²) in [6.45, 7) is 1.74. The molecule has 1 saturated heterocycles. The first-order valence-electron chi connectivity index (χ1n) is 8.10. The first kappa shape index (κ1) is 17.1. The monoisotopic (exact) mass is 392 g/mol. The Morgan fingerprint density at radius 1 is 1.50 bits per heavy atom. The van der Waals surface area contributed by atoms with Crippen molar-refractivity contribution in [2.45, 2.75) is 24.9 Å². The van der Waals surface area contributed by atoms with E-state index in [1.54, 1.807) is 6.07 Å². The number of hydrogen-bond acceptors (Lipinski definition) is 4. The Balaban J connectivity index is 1.68. The molecule has 1 amide bonds. The van der Waals surface area contributed by atoms with E-state index in [2.05, 4.69) is 31.7 Å². The molecule has 2 atom stereocenters. The molecule has 0 spiro atoms. The molecule has 1 aromatic carbocycles. The van der Waals surface area contributed by atoms with Gasteiger partial charge in [0.2, 0.25) is 0 Å². The Bertz CT molecular complexity index is 697. The number of rotatable bonds is 5. The highest BCUT2D eigenvalue weighted by molar-refractivity contribution is 9.10. The van der Waals surface area contributed by atoms with Gasteiger partial charge in [0.05, 0.1) is 18.7 Å². The lowest BCUT2D eigenvalue weighted by Crippen LogP contribution is -2.33. The van der Waals surface area contributed by atoms with Crippen LogP contribution in [0.4, 0.5) is 0 Å². The van der Waals surface area contributed by atoms with Crippen LogP contribution in [0.5, 0.6) is 0 Å². The van der Waals surface area contributed by atoms with Gasteiger partial charge < -0.3 is 15.7 Å². The van der Waals surface area contributed by atoms with Crippen molar-refractivity contribution in [2.24, 2.45) is 0 Å². The quantitative estimate of drug-likeness (QED) is 0.727. The maximum absolute atomic E-state index is 12.4. The number of aromatic nitrogens is 2. The summed E-state index contributed by atoms with van der Waals surface area (Å²) < 4.78 is 2.76. The van der Waals surface area contributed by atoms with Gasteiger partial charge >= 0.3 is 0 Å². The number of aliphatic hydroxyl groups is 1. The van der Waals surface area contributed by atoms with E-state index in [1.807, 2.05) is 35.1 Å². The van der Waals surface area contributed by atoms with Gasteiger partial charge in [0, 0.05) is 17.2 Å². The van der Waals surface area contributed by atoms with Crippen LogP contribution >= 0.6 is 15.9 Å². The minimum absolute atomic E-state index is 0.171. The van der Waals surface area contributed by atoms with Crippen molar-refractivity contribution in [1.29, 1.82) is 0 Å². The number of nitrogens with one attached hydrogen (secondary N) is 2. The van der Waals surface area contributed by atoms with E-state index >= 15 is 0 Å². The number of carbonyl (C=O) groups is 1. The Morgan fingerprint density at radius 2 is 2.38 bits per heavy atom. The summed E-state index contributed by atoms with van der Waals surface area (Å²) in [6.07, 6.45) is 4.02. The minimum Gasteiger partial charge on any atom is -0.394 e. The molecule has 1 fully saturated rings. The molecule has 0 saturated carbocycles. The highest BCUT2D eigenvalue weighted by atomic mass is 79.9. The number of aliphatic hydroxyl groups excluding tert-OH is 1. The summed E-state index contributed by atoms with van der Waals surface area (Å²) in [5, 5.41) is 20.2. The van der Waals surface area contributed by atoms with Crippen molar-refractivity contribution >= 4 is 21.8 Å². The summed E-state index contributed by atoms with van der Waals surface area (Å²) in [4.78, 5) is 12.4. The van der Waals surface area contributed by atoms with E-state index in [0.29, 0.717) is 11.7 Å². The Kier molecular flexibility index (Phi) is 5.65. The molecule has 3 N–H and O–H groups in total. The van der Waals surface area contributed by atoms with Gasteiger partial charge in [0.15, 0.2) is 0 Å².